The van der Waals surface area contributed by atoms with Crippen LogP contribution in [0.3, 0.4) is 0 Å². The van der Waals surface area contributed by atoms with E-state index in [0.717, 1.165) is 25.0 Å². The molecule has 11 heteroatoms. The number of hydrogen-bond donors (Lipinski definition) is 4. The lowest BCUT2D eigenvalue weighted by atomic mass is 10.1. The van der Waals surface area contributed by atoms with E-state index in [1.165, 1.54) is 22.0 Å². The topological polar surface area (TPSA) is 146 Å². The predicted molar refractivity (Wildman–Crippen MR) is 122 cm³/mol. The summed E-state index contributed by atoms with van der Waals surface area (Å²) in [6.45, 7) is 2.08. The molecule has 2 heterocycles. The molecule has 2 aromatic heterocycles. The molecular weight excluding hydrogens is 444 g/mol. The zero-order chi connectivity index (χ0) is 23.2. The number of fused-ring (bicyclic) bond motifs is 1. The molecule has 0 aliphatic heterocycles. The van der Waals surface area contributed by atoms with Gasteiger partial charge in [-0.3, -0.25) is 4.79 Å². The molecular formula is C22H26N6O4S. The van der Waals surface area contributed by atoms with E-state index in [0.29, 0.717) is 22.1 Å². The van der Waals surface area contributed by atoms with Gasteiger partial charge < -0.3 is 20.6 Å². The van der Waals surface area contributed by atoms with E-state index in [2.05, 4.69) is 39.7 Å². The number of hydrogen-bond acceptors (Lipinski definition) is 9. The van der Waals surface area contributed by atoms with Gasteiger partial charge in [-0.05, 0) is 31.2 Å². The minimum absolute atomic E-state index is 0.0360. The van der Waals surface area contributed by atoms with Crippen LogP contribution >= 0.6 is 11.8 Å². The summed E-state index contributed by atoms with van der Waals surface area (Å²) in [7, 11) is 0. The second-order valence-electron chi connectivity index (χ2n) is 8.71. The lowest BCUT2D eigenvalue weighted by molar-refractivity contribution is -0.145. The minimum Gasteiger partial charge on any atom is -0.481 e. The molecule has 4 N–H and O–H groups in total. The van der Waals surface area contributed by atoms with Gasteiger partial charge >= 0.3 is 5.97 Å². The zero-order valence-electron chi connectivity index (χ0n) is 18.1. The summed E-state index contributed by atoms with van der Waals surface area (Å²) in [5, 5.41) is 42.8. The fourth-order valence-electron chi connectivity index (χ4n) is 4.47. The third-order valence-electron chi connectivity index (χ3n) is 6.46. The molecule has 10 nitrogen and oxygen atoms in total. The first-order chi connectivity index (χ1) is 15.9. The second-order valence-corrected chi connectivity index (χ2v) is 9.77. The number of aliphatic hydroxyl groups excluding tert-OH is 2. The zero-order valence-corrected chi connectivity index (χ0v) is 18.9. The molecule has 1 aromatic carbocycles. The fourth-order valence-corrected chi connectivity index (χ4v) is 5.16. The largest absolute Gasteiger partial charge is 0.481 e. The Kier molecular flexibility index (Phi) is 5.71. The number of carboxylic acid groups (broad SMARTS) is 1. The first-order valence-electron chi connectivity index (χ1n) is 11.1. The van der Waals surface area contributed by atoms with Crippen LogP contribution in [-0.4, -0.2) is 64.2 Å². The molecule has 3 aromatic rings. The summed E-state index contributed by atoms with van der Waals surface area (Å²) in [6.07, 6.45) is 0.243. The van der Waals surface area contributed by atoms with Crippen LogP contribution < -0.4 is 5.32 Å². The molecule has 174 valence electrons. The monoisotopic (exact) mass is 470 g/mol. The molecule has 2 fully saturated rings. The Balaban J connectivity index is 1.55. The lowest BCUT2D eigenvalue weighted by Gasteiger charge is -2.19. The quantitative estimate of drug-likeness (QED) is 0.285. The third-order valence-corrected chi connectivity index (χ3v) is 7.51. The average molecular weight is 471 g/mol. The van der Waals surface area contributed by atoms with E-state index < -0.39 is 30.1 Å². The van der Waals surface area contributed by atoms with Crippen LogP contribution in [-0.2, 0) is 10.3 Å². The lowest BCUT2D eigenvalue weighted by Crippen LogP contribution is -2.32. The highest BCUT2D eigenvalue weighted by molar-refractivity contribution is 7.99. The Morgan fingerprint density at radius 2 is 1.97 bits per heavy atom. The summed E-state index contributed by atoms with van der Waals surface area (Å²) in [5.74, 6) is -0.829. The van der Waals surface area contributed by atoms with Crippen molar-refractivity contribution in [3.63, 3.8) is 0 Å². The molecule has 0 spiro atoms. The standard InChI is InChI=1S/C22H26N6O4S/c1-2-10-33-21-23-18(25-22(8-9-22)12-6-4-3-5-7-12)15-19(24-21)28(27-26-15)14-11-13(20(31)32)16(29)17(14)30/h3-7,13-14,16-17,29-30H,2,8-11H2,1H3,(H,31,32)(H,23,24,25)/t13-,14?,16?,17?/m0/s1. The maximum Gasteiger partial charge on any atom is 0.309 e. The summed E-state index contributed by atoms with van der Waals surface area (Å²) in [4.78, 5) is 20.9. The van der Waals surface area contributed by atoms with Crippen molar-refractivity contribution in [2.75, 3.05) is 11.1 Å². The number of carbonyl (C=O) groups is 1. The van der Waals surface area contributed by atoms with Gasteiger partial charge in [0, 0.05) is 5.75 Å². The first kappa shape index (κ1) is 22.1. The van der Waals surface area contributed by atoms with Crippen LogP contribution in [0, 0.1) is 5.92 Å². The third kappa shape index (κ3) is 3.94. The van der Waals surface area contributed by atoms with Gasteiger partial charge in [0.05, 0.1) is 23.6 Å². The number of aliphatic hydroxyl groups is 2. The highest BCUT2D eigenvalue weighted by atomic mass is 32.2. The fraction of sp³-hybridized carbons (Fsp3) is 0.500. The van der Waals surface area contributed by atoms with Crippen molar-refractivity contribution in [2.24, 2.45) is 5.92 Å². The molecule has 0 saturated heterocycles. The van der Waals surface area contributed by atoms with Crippen molar-refractivity contribution >= 4 is 34.7 Å². The van der Waals surface area contributed by atoms with Crippen LogP contribution in [0.4, 0.5) is 5.82 Å². The van der Waals surface area contributed by atoms with E-state index in [4.69, 9.17) is 4.98 Å². The number of nitrogens with zero attached hydrogens (tertiary/aromatic N) is 5. The van der Waals surface area contributed by atoms with Crippen LogP contribution in [0.15, 0.2) is 35.5 Å². The summed E-state index contributed by atoms with van der Waals surface area (Å²) in [6, 6.07) is 9.43. The van der Waals surface area contributed by atoms with Gasteiger partial charge in [-0.25, -0.2) is 14.6 Å². The SMILES string of the molecule is CCCSc1nc(NC2(c3ccccc3)CC2)c2nnn(C3C[C@H](C(=O)O)C(O)C3O)c2n1. The molecule has 0 radical (unpaired) electrons. The Labute approximate surface area is 194 Å². The summed E-state index contributed by atoms with van der Waals surface area (Å²) >= 11 is 1.52. The van der Waals surface area contributed by atoms with Crippen LogP contribution in [0.2, 0.25) is 0 Å². The van der Waals surface area contributed by atoms with E-state index in [1.807, 2.05) is 18.2 Å². The Hall–Kier alpha value is -2.76. The number of aliphatic carboxylic acids is 1. The highest BCUT2D eigenvalue weighted by Gasteiger charge is 2.48. The van der Waals surface area contributed by atoms with Crippen LogP contribution in [0.1, 0.15) is 44.2 Å². The summed E-state index contributed by atoms with van der Waals surface area (Å²) < 4.78 is 1.44. The van der Waals surface area contributed by atoms with Gasteiger partial charge in [0.1, 0.15) is 6.10 Å². The van der Waals surface area contributed by atoms with Gasteiger partial charge in [-0.15, -0.1) is 5.10 Å². The number of benzene rings is 1. The normalized spacial score (nSPS) is 25.9. The smallest absolute Gasteiger partial charge is 0.309 e. The van der Waals surface area contributed by atoms with Crippen molar-refractivity contribution < 1.29 is 20.1 Å². The number of anilines is 1. The average Bonchev–Trinajstić information content (AvgIpc) is 3.38. The van der Waals surface area contributed by atoms with Crippen LogP contribution in [0.25, 0.3) is 11.2 Å². The second kappa shape index (κ2) is 8.54. The Morgan fingerprint density at radius 3 is 2.61 bits per heavy atom. The van der Waals surface area contributed by atoms with Crippen molar-refractivity contribution in [1.29, 1.82) is 0 Å². The molecule has 5 rings (SSSR count). The van der Waals surface area contributed by atoms with Gasteiger partial charge in [-0.1, -0.05) is 54.2 Å². The minimum atomic E-state index is -1.38. The van der Waals surface area contributed by atoms with Crippen molar-refractivity contribution in [1.82, 2.24) is 25.0 Å². The molecule has 2 saturated carbocycles. The molecule has 2 aliphatic carbocycles. The van der Waals surface area contributed by atoms with E-state index in [1.54, 1.807) is 0 Å². The van der Waals surface area contributed by atoms with Crippen molar-refractivity contribution in [3.05, 3.63) is 35.9 Å². The molecule has 3 unspecified atom stereocenters. The van der Waals surface area contributed by atoms with E-state index >= 15 is 0 Å². The van der Waals surface area contributed by atoms with Gasteiger partial charge in [0.25, 0.3) is 0 Å². The van der Waals surface area contributed by atoms with Gasteiger partial charge in [0.2, 0.25) is 0 Å². The molecule has 4 atom stereocenters. The number of nitrogens with one attached hydrogen (secondary N) is 1. The number of thioether (sulfide) groups is 1. The summed E-state index contributed by atoms with van der Waals surface area (Å²) in [5.41, 5.74) is 1.82. The Morgan fingerprint density at radius 1 is 1.21 bits per heavy atom. The van der Waals surface area contributed by atoms with Crippen molar-refractivity contribution in [2.45, 2.75) is 61.6 Å². The number of rotatable bonds is 8. The van der Waals surface area contributed by atoms with Gasteiger partial charge in [-0.2, -0.15) is 0 Å². The highest BCUT2D eigenvalue weighted by Crippen LogP contribution is 2.48. The number of carboxylic acids is 1. The molecule has 0 amide bonds. The predicted octanol–water partition coefficient (Wildman–Crippen LogP) is 2.19. The maximum absolute atomic E-state index is 11.5. The van der Waals surface area contributed by atoms with Gasteiger partial charge in [0.15, 0.2) is 22.1 Å². The first-order valence-corrected chi connectivity index (χ1v) is 12.1. The van der Waals surface area contributed by atoms with Crippen LogP contribution in [0.5, 0.6) is 0 Å². The van der Waals surface area contributed by atoms with Crippen molar-refractivity contribution in [3.8, 4) is 0 Å². The molecule has 2 aliphatic rings. The number of aromatic nitrogens is 5. The molecule has 33 heavy (non-hydrogen) atoms. The maximum atomic E-state index is 11.5. The molecule has 0 bridgehead atoms. The van der Waals surface area contributed by atoms with E-state index in [-0.39, 0.29) is 12.0 Å². The van der Waals surface area contributed by atoms with E-state index in [9.17, 15) is 20.1 Å². The Bertz CT molecular complexity index is 1170.